The highest BCUT2D eigenvalue weighted by Crippen LogP contribution is 2.28. The molecule has 8 N–H and O–H groups in total. The van der Waals surface area contributed by atoms with Gasteiger partial charge < -0.3 is 55.9 Å². The number of alkyl carbamates (subject to hydrolysis) is 1. The summed E-state index contributed by atoms with van der Waals surface area (Å²) in [5.74, 6) is -3.75. The van der Waals surface area contributed by atoms with Crippen molar-refractivity contribution in [1.29, 1.82) is 0 Å². The third-order valence-electron chi connectivity index (χ3n) is 10.8. The maximum Gasteiger partial charge on any atom is 0.408 e. The molecule has 68 heavy (non-hydrogen) atoms. The zero-order valence-electron chi connectivity index (χ0n) is 37.9. The Morgan fingerprint density at radius 2 is 1.03 bits per heavy atom. The first kappa shape index (κ1) is 52.0. The average Bonchev–Trinajstić information content (AvgIpc) is 3.36. The summed E-state index contributed by atoms with van der Waals surface area (Å²) in [6.07, 6.45) is -8.75. The lowest BCUT2D eigenvalue weighted by Gasteiger charge is -2.31. The normalized spacial score (nSPS) is 14.3. The van der Waals surface area contributed by atoms with Crippen LogP contribution in [-0.4, -0.2) is 99.9 Å². The summed E-state index contributed by atoms with van der Waals surface area (Å²) < 4.78 is 17.1. The van der Waals surface area contributed by atoms with Crippen LogP contribution in [0.25, 0.3) is 0 Å². The molecule has 7 atom stereocenters. The molecule has 0 heterocycles. The second-order valence-corrected chi connectivity index (χ2v) is 16.5. The first-order valence-corrected chi connectivity index (χ1v) is 22.3. The molecule has 0 unspecified atom stereocenters. The van der Waals surface area contributed by atoms with Gasteiger partial charge in [0.1, 0.15) is 30.9 Å². The molecule has 0 spiro atoms. The molecular formula is C52H60N4O12. The molecule has 0 aliphatic rings. The summed E-state index contributed by atoms with van der Waals surface area (Å²) in [4.78, 5) is 67.7. The van der Waals surface area contributed by atoms with Crippen LogP contribution in [0.15, 0.2) is 152 Å². The molecule has 0 saturated heterocycles. The van der Waals surface area contributed by atoms with Crippen molar-refractivity contribution < 1.29 is 58.6 Å². The molecule has 360 valence electrons. The third kappa shape index (κ3) is 16.4. The van der Waals surface area contributed by atoms with Crippen LogP contribution in [0, 0.1) is 5.92 Å². The number of aliphatic hydroxyl groups is 4. The highest BCUT2D eigenvalue weighted by Gasteiger charge is 2.38. The fourth-order valence-corrected chi connectivity index (χ4v) is 7.16. The van der Waals surface area contributed by atoms with Crippen LogP contribution in [0.2, 0.25) is 0 Å². The lowest BCUT2D eigenvalue weighted by atomic mass is 9.98. The molecule has 5 rings (SSSR count). The molecule has 5 aromatic rings. The smallest absolute Gasteiger partial charge is 0.408 e. The van der Waals surface area contributed by atoms with E-state index in [-0.39, 0.29) is 38.6 Å². The van der Waals surface area contributed by atoms with E-state index in [1.165, 1.54) is 0 Å². The summed E-state index contributed by atoms with van der Waals surface area (Å²) in [6, 6.07) is 39.3. The summed E-state index contributed by atoms with van der Waals surface area (Å²) in [6.45, 7) is 2.33. The van der Waals surface area contributed by atoms with Crippen LogP contribution in [0.5, 0.6) is 0 Å². The second kappa shape index (κ2) is 27.0. The molecule has 0 aliphatic heterocycles. The van der Waals surface area contributed by atoms with Gasteiger partial charge in [-0.1, -0.05) is 166 Å². The van der Waals surface area contributed by atoms with Gasteiger partial charge in [0.2, 0.25) is 11.8 Å². The number of rotatable bonds is 25. The lowest BCUT2D eigenvalue weighted by molar-refractivity contribution is -0.149. The summed E-state index contributed by atoms with van der Waals surface area (Å²) in [7, 11) is 0. The van der Waals surface area contributed by atoms with E-state index in [2.05, 4.69) is 21.3 Å². The van der Waals surface area contributed by atoms with Gasteiger partial charge >= 0.3 is 12.1 Å². The van der Waals surface area contributed by atoms with Crippen molar-refractivity contribution in [2.45, 2.75) is 88.5 Å². The predicted octanol–water partition coefficient (Wildman–Crippen LogP) is 4.17. The Labute approximate surface area is 395 Å². The van der Waals surface area contributed by atoms with Crippen LogP contribution in [-0.2, 0) is 46.6 Å². The Morgan fingerprint density at radius 3 is 1.54 bits per heavy atom. The van der Waals surface area contributed by atoms with Gasteiger partial charge in [0, 0.05) is 0 Å². The number of nitrogens with one attached hydrogen (secondary N) is 4. The van der Waals surface area contributed by atoms with Crippen molar-refractivity contribution in [1.82, 2.24) is 21.3 Å². The van der Waals surface area contributed by atoms with Gasteiger partial charge in [-0.2, -0.15) is 0 Å². The van der Waals surface area contributed by atoms with E-state index in [1.807, 2.05) is 97.1 Å². The zero-order chi connectivity index (χ0) is 48.8. The number of ether oxygens (including phenoxy) is 3. The SMILES string of the molecule is CC(C)C[C@H](NC(=O)[C@H](COCc1ccccc1)NC(=O)OCc1ccccc1)C(=O)N[C@@H](CO)[C@@H](O)[C@@H](O)[C@H](O)C(=O)N[C@@H](CC(=O)OC(c1ccccc1)c1ccccc1)c1ccccc1. The van der Waals surface area contributed by atoms with Crippen molar-refractivity contribution in [2.75, 3.05) is 13.2 Å². The van der Waals surface area contributed by atoms with Crippen molar-refractivity contribution in [3.63, 3.8) is 0 Å². The third-order valence-corrected chi connectivity index (χ3v) is 10.8. The first-order chi connectivity index (χ1) is 32.8. The number of amides is 4. The number of benzene rings is 5. The number of esters is 1. The van der Waals surface area contributed by atoms with E-state index >= 15 is 0 Å². The van der Waals surface area contributed by atoms with Gasteiger partial charge in [-0.15, -0.1) is 0 Å². The summed E-state index contributed by atoms with van der Waals surface area (Å²) >= 11 is 0. The quantitative estimate of drug-likeness (QED) is 0.0385. The van der Waals surface area contributed by atoms with Crippen LogP contribution in [0.1, 0.15) is 66.7 Å². The van der Waals surface area contributed by atoms with Crippen molar-refractivity contribution in [3.8, 4) is 0 Å². The molecule has 0 radical (unpaired) electrons. The number of aliphatic hydroxyl groups excluding tert-OH is 4. The fourth-order valence-electron chi connectivity index (χ4n) is 7.16. The summed E-state index contributed by atoms with van der Waals surface area (Å²) in [5, 5.41) is 53.8. The molecule has 0 aliphatic carbocycles. The van der Waals surface area contributed by atoms with Crippen LogP contribution in [0.4, 0.5) is 4.79 Å². The van der Waals surface area contributed by atoms with Crippen molar-refractivity contribution in [2.24, 2.45) is 5.92 Å². The minimum absolute atomic E-state index is 0.0518. The van der Waals surface area contributed by atoms with Gasteiger partial charge in [0.25, 0.3) is 5.91 Å². The highest BCUT2D eigenvalue weighted by molar-refractivity contribution is 5.91. The van der Waals surface area contributed by atoms with Crippen LogP contribution < -0.4 is 21.3 Å². The zero-order valence-corrected chi connectivity index (χ0v) is 37.9. The Kier molecular flexibility index (Phi) is 20.7. The van der Waals surface area contributed by atoms with Crippen LogP contribution >= 0.6 is 0 Å². The molecule has 16 heteroatoms. The highest BCUT2D eigenvalue weighted by atomic mass is 16.6. The fraction of sp³-hybridized carbons (Fsp3) is 0.327. The molecule has 4 amide bonds. The Balaban J connectivity index is 1.23. The number of hydrogen-bond acceptors (Lipinski definition) is 12. The number of carbonyl (C=O) groups excluding carboxylic acids is 5. The first-order valence-electron chi connectivity index (χ1n) is 22.3. The van der Waals surface area contributed by atoms with Crippen LogP contribution in [0.3, 0.4) is 0 Å². The van der Waals surface area contributed by atoms with E-state index < -0.39 is 85.0 Å². The van der Waals surface area contributed by atoms with Crippen molar-refractivity contribution >= 4 is 29.8 Å². The lowest BCUT2D eigenvalue weighted by Crippen LogP contribution is -2.60. The van der Waals surface area contributed by atoms with Gasteiger partial charge in [-0.05, 0) is 40.2 Å². The molecule has 16 nitrogen and oxygen atoms in total. The molecule has 0 aromatic heterocycles. The van der Waals surface area contributed by atoms with Gasteiger partial charge in [-0.25, -0.2) is 4.79 Å². The standard InChI is InChI=1S/C52H60N4O12/c1-34(2)28-41(54-50(63)43(33-66-31-35-18-8-3-9-19-35)56-52(65)67-32-36-20-10-4-11-21-36)49(62)55-42(30-57)45(59)46(60)47(61)51(64)53-40(37-22-12-5-13-23-37)29-44(58)68-48(38-24-14-6-15-25-38)39-26-16-7-17-27-39/h3-27,34,40-43,45-48,57,59-61H,28-33H2,1-2H3,(H,53,64)(H,54,63)(H,55,62)(H,56,65)/t40-,41-,42-,43-,45+,46+,47-/m0/s1. The van der Waals surface area contributed by atoms with E-state index in [0.29, 0.717) is 22.3 Å². The predicted molar refractivity (Wildman–Crippen MR) is 251 cm³/mol. The molecule has 0 saturated carbocycles. The Morgan fingerprint density at radius 1 is 0.544 bits per heavy atom. The number of carbonyl (C=O) groups is 5. The molecular weight excluding hydrogens is 873 g/mol. The summed E-state index contributed by atoms with van der Waals surface area (Å²) in [5.41, 5.74) is 3.41. The Hall–Kier alpha value is -6.95. The maximum absolute atomic E-state index is 13.8. The van der Waals surface area contributed by atoms with Gasteiger partial charge in [0.05, 0.1) is 38.3 Å². The van der Waals surface area contributed by atoms with Crippen molar-refractivity contribution in [3.05, 3.63) is 179 Å². The minimum atomic E-state index is -2.32. The van der Waals surface area contributed by atoms with Gasteiger partial charge in [-0.3, -0.25) is 19.2 Å². The van der Waals surface area contributed by atoms with E-state index in [4.69, 9.17) is 14.2 Å². The average molecular weight is 933 g/mol. The van der Waals surface area contributed by atoms with E-state index in [9.17, 15) is 44.4 Å². The molecule has 5 aromatic carbocycles. The molecule has 0 bridgehead atoms. The van der Waals surface area contributed by atoms with E-state index in [0.717, 1.165) is 5.56 Å². The minimum Gasteiger partial charge on any atom is -0.452 e. The largest absolute Gasteiger partial charge is 0.452 e. The van der Waals surface area contributed by atoms with E-state index in [1.54, 1.807) is 68.4 Å². The molecule has 0 fully saturated rings. The number of hydrogen-bond donors (Lipinski definition) is 8. The maximum atomic E-state index is 13.8. The topological polar surface area (TPSA) is 242 Å². The Bertz CT molecular complexity index is 2270. The second-order valence-electron chi connectivity index (χ2n) is 16.5. The van der Waals surface area contributed by atoms with Gasteiger partial charge in [0.15, 0.2) is 12.2 Å². The monoisotopic (exact) mass is 932 g/mol.